The lowest BCUT2D eigenvalue weighted by atomic mass is 10.1. The number of aldehydes is 1. The van der Waals surface area contributed by atoms with Gasteiger partial charge < -0.3 is 19.9 Å². The van der Waals surface area contributed by atoms with Crippen LogP contribution < -0.4 is 15.1 Å². The summed E-state index contributed by atoms with van der Waals surface area (Å²) >= 11 is 0. The van der Waals surface area contributed by atoms with Crippen molar-refractivity contribution >= 4 is 23.3 Å². The van der Waals surface area contributed by atoms with E-state index in [0.29, 0.717) is 12.3 Å². The number of anilines is 3. The molecule has 0 radical (unpaired) electrons. The van der Waals surface area contributed by atoms with Gasteiger partial charge in [-0.3, -0.25) is 0 Å². The number of allylic oxidation sites excluding steroid dienone is 9. The van der Waals surface area contributed by atoms with Gasteiger partial charge in [-0.05, 0) is 70.6 Å². The molecule has 1 aliphatic rings. The molecule has 4 nitrogen and oxygen atoms in total. The van der Waals surface area contributed by atoms with Crippen molar-refractivity contribution in [1.29, 1.82) is 0 Å². The van der Waals surface area contributed by atoms with Crippen LogP contribution >= 0.6 is 0 Å². The van der Waals surface area contributed by atoms with Gasteiger partial charge in [-0.1, -0.05) is 101 Å². The fraction of sp³-hybridized carbons (Fsp3) is 0.447. The van der Waals surface area contributed by atoms with Crippen molar-refractivity contribution in [2.75, 3.05) is 35.3 Å². The summed E-state index contributed by atoms with van der Waals surface area (Å²) < 4.78 is 0. The molecule has 1 aromatic carbocycles. The van der Waals surface area contributed by atoms with Crippen LogP contribution in [0.25, 0.3) is 0 Å². The standard InChI is InChI=1S/C24H33N3.C9H16.C5H10O/c1-7-9-10-11-12-19(3)15-16-26-21(5)18-27(20(4)8-2)24-17-22(25-6)13-14-23(24)26;1-4-7-9(6-3)8-5-2;1-5(2)3-4-6/h7,10-14,17,25H,1,4-5,8-9,15-16,18H2,2-3,6H3;4,6-7H,5,8H2,1-3H3;4-5H,3H2,1-2H3/b11-10-,19-12+;7-4-,9-6+;. The Morgan fingerprint density at radius 3 is 2.36 bits per heavy atom. The van der Waals surface area contributed by atoms with Gasteiger partial charge in [-0.15, -0.1) is 6.58 Å². The molecule has 0 aliphatic carbocycles. The molecule has 0 unspecified atom stereocenters. The summed E-state index contributed by atoms with van der Waals surface area (Å²) in [6.07, 6.45) is 21.7. The van der Waals surface area contributed by atoms with Gasteiger partial charge in [0.05, 0.1) is 17.9 Å². The van der Waals surface area contributed by atoms with Crippen LogP contribution in [0.5, 0.6) is 0 Å². The largest absolute Gasteiger partial charge is 0.388 e. The predicted octanol–water partition coefficient (Wildman–Crippen LogP) is 10.8. The summed E-state index contributed by atoms with van der Waals surface area (Å²) in [6.45, 7) is 28.8. The number of benzene rings is 1. The van der Waals surface area contributed by atoms with Gasteiger partial charge in [0, 0.05) is 37.1 Å². The molecule has 1 aromatic rings. The van der Waals surface area contributed by atoms with Crippen LogP contribution in [0.3, 0.4) is 0 Å². The summed E-state index contributed by atoms with van der Waals surface area (Å²) in [5, 5.41) is 3.24. The maximum atomic E-state index is 9.62. The molecule has 0 aromatic heterocycles. The number of nitrogens with one attached hydrogen (secondary N) is 1. The van der Waals surface area contributed by atoms with Crippen LogP contribution in [-0.4, -0.2) is 26.4 Å². The molecular weight excluding hydrogens is 514 g/mol. The Balaban J connectivity index is 0.000000922. The average Bonchev–Trinajstić information content (AvgIpc) is 2.98. The van der Waals surface area contributed by atoms with Crippen LogP contribution in [-0.2, 0) is 4.79 Å². The first-order valence-corrected chi connectivity index (χ1v) is 15.5. The molecule has 0 fully saturated rings. The zero-order chi connectivity index (χ0) is 31.9. The highest BCUT2D eigenvalue weighted by Crippen LogP contribution is 2.40. The molecule has 0 saturated heterocycles. The van der Waals surface area contributed by atoms with Crippen molar-refractivity contribution in [2.24, 2.45) is 5.92 Å². The molecule has 42 heavy (non-hydrogen) atoms. The number of rotatable bonds is 14. The van der Waals surface area contributed by atoms with Gasteiger partial charge >= 0.3 is 0 Å². The monoisotopic (exact) mass is 573 g/mol. The number of fused-ring (bicyclic) bond motifs is 1. The fourth-order valence-electron chi connectivity index (χ4n) is 4.20. The Labute approximate surface area is 259 Å². The molecule has 4 heteroatoms. The van der Waals surface area contributed by atoms with Crippen molar-refractivity contribution in [3.05, 3.63) is 103 Å². The van der Waals surface area contributed by atoms with Crippen LogP contribution in [0.2, 0.25) is 0 Å². The molecule has 0 atom stereocenters. The molecule has 0 saturated carbocycles. The van der Waals surface area contributed by atoms with Crippen LogP contribution in [0, 0.1) is 5.92 Å². The SMILES string of the molecule is C/C=C\C(=C/C)CCC.C=CC/C=C\C=C(/C)CCN1C(=C)CN(C(=C)CC)c2cc(NC)ccc21.CC(C)CC=O. The third-order valence-corrected chi connectivity index (χ3v) is 6.77. The second-order valence-electron chi connectivity index (χ2n) is 10.8. The van der Waals surface area contributed by atoms with Crippen molar-refractivity contribution < 1.29 is 4.79 Å². The van der Waals surface area contributed by atoms with E-state index in [2.05, 4.69) is 124 Å². The summed E-state index contributed by atoms with van der Waals surface area (Å²) in [4.78, 5) is 14.2. The zero-order valence-electron chi connectivity index (χ0n) is 28.0. The van der Waals surface area contributed by atoms with E-state index in [0.717, 1.165) is 55.7 Å². The third-order valence-electron chi connectivity index (χ3n) is 6.77. The minimum Gasteiger partial charge on any atom is -0.388 e. The molecule has 0 spiro atoms. The Hall–Kier alpha value is -3.53. The molecule has 1 N–H and O–H groups in total. The predicted molar refractivity (Wildman–Crippen MR) is 191 cm³/mol. The summed E-state index contributed by atoms with van der Waals surface area (Å²) in [7, 11) is 1.95. The topological polar surface area (TPSA) is 35.6 Å². The molecule has 0 amide bonds. The molecule has 0 bridgehead atoms. The lowest BCUT2D eigenvalue weighted by Crippen LogP contribution is -2.38. The zero-order valence-corrected chi connectivity index (χ0v) is 28.0. The number of nitrogens with zero attached hydrogens (tertiary/aromatic N) is 2. The molecule has 1 heterocycles. The smallest absolute Gasteiger partial charge is 0.120 e. The number of carbonyl (C=O) groups is 1. The summed E-state index contributed by atoms with van der Waals surface area (Å²) in [5.74, 6) is 0.530. The molecule has 232 valence electrons. The average molecular weight is 574 g/mol. The highest BCUT2D eigenvalue weighted by molar-refractivity contribution is 5.82. The van der Waals surface area contributed by atoms with Crippen LogP contribution in [0.1, 0.15) is 87.0 Å². The lowest BCUT2D eigenvalue weighted by molar-refractivity contribution is -0.108. The van der Waals surface area contributed by atoms with E-state index in [4.69, 9.17) is 0 Å². The second-order valence-corrected chi connectivity index (χ2v) is 10.8. The first-order valence-electron chi connectivity index (χ1n) is 15.5. The highest BCUT2D eigenvalue weighted by atomic mass is 16.1. The van der Waals surface area contributed by atoms with Crippen LogP contribution in [0.15, 0.2) is 103 Å². The molecule has 1 aliphatic heterocycles. The third kappa shape index (κ3) is 14.9. The molecule has 2 rings (SSSR count). The first-order chi connectivity index (χ1) is 20.1. The van der Waals surface area contributed by atoms with Crippen molar-refractivity contribution in [3.8, 4) is 0 Å². The minimum atomic E-state index is 0.530. The summed E-state index contributed by atoms with van der Waals surface area (Å²) in [6, 6.07) is 6.51. The van der Waals surface area contributed by atoms with E-state index in [-0.39, 0.29) is 0 Å². The first kappa shape index (κ1) is 38.5. The van der Waals surface area contributed by atoms with E-state index >= 15 is 0 Å². The Morgan fingerprint density at radius 1 is 1.14 bits per heavy atom. The van der Waals surface area contributed by atoms with Gasteiger partial charge in [0.15, 0.2) is 0 Å². The Bertz CT molecular complexity index is 1090. The van der Waals surface area contributed by atoms with Crippen molar-refractivity contribution in [3.63, 3.8) is 0 Å². The van der Waals surface area contributed by atoms with Gasteiger partial charge in [-0.25, -0.2) is 0 Å². The van der Waals surface area contributed by atoms with Gasteiger partial charge in [0.1, 0.15) is 6.29 Å². The maximum Gasteiger partial charge on any atom is 0.120 e. The van der Waals surface area contributed by atoms with E-state index in [1.165, 1.54) is 35.4 Å². The fourth-order valence-corrected chi connectivity index (χ4v) is 4.20. The second kappa shape index (κ2) is 23.1. The van der Waals surface area contributed by atoms with Crippen molar-refractivity contribution in [2.45, 2.75) is 87.0 Å². The minimum absolute atomic E-state index is 0.530. The van der Waals surface area contributed by atoms with E-state index in [9.17, 15) is 4.79 Å². The number of carbonyl (C=O) groups excluding carboxylic acids is 1. The maximum absolute atomic E-state index is 9.62. The molecular formula is C38H59N3O. The Kier molecular flexibility index (Phi) is 21.1. The van der Waals surface area contributed by atoms with E-state index in [1.54, 1.807) is 0 Å². The number of hydrogen-bond acceptors (Lipinski definition) is 4. The van der Waals surface area contributed by atoms with Gasteiger partial charge in [0.25, 0.3) is 0 Å². The van der Waals surface area contributed by atoms with Gasteiger partial charge in [0.2, 0.25) is 0 Å². The van der Waals surface area contributed by atoms with E-state index < -0.39 is 0 Å². The lowest BCUT2D eigenvalue weighted by Gasteiger charge is -2.41. The number of hydrogen-bond donors (Lipinski definition) is 1. The Morgan fingerprint density at radius 2 is 1.86 bits per heavy atom. The quantitative estimate of drug-likeness (QED) is 0.136. The van der Waals surface area contributed by atoms with Crippen molar-refractivity contribution in [1.82, 2.24) is 0 Å². The van der Waals surface area contributed by atoms with Crippen LogP contribution in [0.4, 0.5) is 17.1 Å². The van der Waals surface area contributed by atoms with Gasteiger partial charge in [-0.2, -0.15) is 0 Å². The normalized spacial score (nSPS) is 13.4. The van der Waals surface area contributed by atoms with E-state index in [1.807, 2.05) is 27.0 Å². The highest BCUT2D eigenvalue weighted by Gasteiger charge is 2.26. The summed E-state index contributed by atoms with van der Waals surface area (Å²) in [5.41, 5.74) is 8.55.